The second kappa shape index (κ2) is 9.57. The first kappa shape index (κ1) is 14.6. The molecule has 0 aliphatic carbocycles. The molecule has 0 bridgehead atoms. The molecule has 0 spiro atoms. The first-order valence-electron chi connectivity index (χ1n) is 6.30. The molecular weight excluding hydrogens is 232 g/mol. The Morgan fingerprint density at radius 1 is 1.47 bits per heavy atom. The van der Waals surface area contributed by atoms with Gasteiger partial charge in [-0.3, -0.25) is 0 Å². The van der Waals surface area contributed by atoms with E-state index in [-0.39, 0.29) is 0 Å². The van der Waals surface area contributed by atoms with Gasteiger partial charge in [0.25, 0.3) is 0 Å². The van der Waals surface area contributed by atoms with Crippen molar-refractivity contribution in [2.75, 3.05) is 31.8 Å². The smallest absolute Gasteiger partial charge is 0.0587 e. The van der Waals surface area contributed by atoms with Crippen LogP contribution in [0.25, 0.3) is 0 Å². The summed E-state index contributed by atoms with van der Waals surface area (Å²) in [4.78, 5) is 0. The molecule has 0 amide bonds. The molecule has 0 aromatic carbocycles. The minimum absolute atomic E-state index is 0.772. The van der Waals surface area contributed by atoms with Gasteiger partial charge in [0.05, 0.1) is 6.61 Å². The summed E-state index contributed by atoms with van der Waals surface area (Å²) in [5.41, 5.74) is 1.36. The van der Waals surface area contributed by atoms with Crippen LogP contribution < -0.4 is 5.32 Å². The van der Waals surface area contributed by atoms with Crippen molar-refractivity contribution in [2.24, 2.45) is 0 Å². The number of methoxy groups -OCH3 is 1. The lowest BCUT2D eigenvalue weighted by Gasteiger charge is -2.10. The average molecular weight is 256 g/mol. The van der Waals surface area contributed by atoms with Crippen molar-refractivity contribution >= 4 is 11.8 Å². The molecule has 0 aliphatic heterocycles. The normalized spacial score (nSPS) is 10.9. The monoisotopic (exact) mass is 256 g/mol. The van der Waals surface area contributed by atoms with Crippen molar-refractivity contribution in [1.29, 1.82) is 0 Å². The summed E-state index contributed by atoms with van der Waals surface area (Å²) in [6.07, 6.45) is 3.42. The molecule has 0 radical (unpaired) electrons. The van der Waals surface area contributed by atoms with Gasteiger partial charge in [-0.2, -0.15) is 11.8 Å². The van der Waals surface area contributed by atoms with Crippen LogP contribution in [0.4, 0.5) is 0 Å². The number of ether oxygens (including phenoxy) is 1. The molecule has 1 heterocycles. The van der Waals surface area contributed by atoms with E-state index in [1.807, 2.05) is 11.8 Å². The SMILES string of the molecule is CCSCCCn1cccc1CNCCOC. The molecule has 1 rings (SSSR count). The molecule has 0 saturated carbocycles. The van der Waals surface area contributed by atoms with Crippen LogP contribution in [-0.2, 0) is 17.8 Å². The van der Waals surface area contributed by atoms with E-state index in [0.717, 1.165) is 26.2 Å². The Morgan fingerprint density at radius 3 is 3.12 bits per heavy atom. The molecule has 17 heavy (non-hydrogen) atoms. The zero-order valence-corrected chi connectivity index (χ0v) is 11.8. The highest BCUT2D eigenvalue weighted by Crippen LogP contribution is 2.06. The average Bonchev–Trinajstić information content (AvgIpc) is 2.78. The van der Waals surface area contributed by atoms with Crippen molar-refractivity contribution in [2.45, 2.75) is 26.4 Å². The molecule has 0 aliphatic rings. The van der Waals surface area contributed by atoms with E-state index in [2.05, 4.69) is 35.1 Å². The van der Waals surface area contributed by atoms with Crippen molar-refractivity contribution in [3.63, 3.8) is 0 Å². The van der Waals surface area contributed by atoms with Crippen molar-refractivity contribution < 1.29 is 4.74 Å². The summed E-state index contributed by atoms with van der Waals surface area (Å²) in [6.45, 7) is 5.95. The maximum absolute atomic E-state index is 5.01. The standard InChI is InChI=1S/C13H24N2OS/c1-3-17-11-5-9-15-8-4-6-13(15)12-14-7-10-16-2/h4,6,8,14H,3,5,7,9-12H2,1-2H3. The Kier molecular flexibility index (Phi) is 8.22. The fourth-order valence-corrected chi connectivity index (χ4v) is 2.32. The molecule has 3 nitrogen and oxygen atoms in total. The van der Waals surface area contributed by atoms with E-state index in [4.69, 9.17) is 4.74 Å². The van der Waals surface area contributed by atoms with Gasteiger partial charge in [0, 0.05) is 38.6 Å². The lowest BCUT2D eigenvalue weighted by atomic mass is 10.4. The van der Waals surface area contributed by atoms with Crippen LogP contribution in [0, 0.1) is 0 Å². The van der Waals surface area contributed by atoms with Crippen molar-refractivity contribution in [3.8, 4) is 0 Å². The topological polar surface area (TPSA) is 26.2 Å². The third kappa shape index (κ3) is 6.15. The van der Waals surface area contributed by atoms with Crippen LogP contribution in [0.1, 0.15) is 19.0 Å². The zero-order valence-electron chi connectivity index (χ0n) is 10.9. The summed E-state index contributed by atoms with van der Waals surface area (Å²) in [5, 5.41) is 3.38. The van der Waals surface area contributed by atoms with Crippen molar-refractivity contribution in [1.82, 2.24) is 9.88 Å². The lowest BCUT2D eigenvalue weighted by molar-refractivity contribution is 0.199. The lowest BCUT2D eigenvalue weighted by Crippen LogP contribution is -2.20. The summed E-state index contributed by atoms with van der Waals surface area (Å²) in [6, 6.07) is 4.31. The van der Waals surface area contributed by atoms with Gasteiger partial charge in [0.1, 0.15) is 0 Å². The van der Waals surface area contributed by atoms with Crippen LogP contribution >= 0.6 is 11.8 Å². The van der Waals surface area contributed by atoms with Crippen LogP contribution in [0.15, 0.2) is 18.3 Å². The van der Waals surface area contributed by atoms with Crippen LogP contribution in [0.2, 0.25) is 0 Å². The Morgan fingerprint density at radius 2 is 2.35 bits per heavy atom. The number of hydrogen-bond donors (Lipinski definition) is 1. The van der Waals surface area contributed by atoms with E-state index in [1.54, 1.807) is 7.11 Å². The molecule has 0 fully saturated rings. The Labute approximate surface area is 109 Å². The minimum atomic E-state index is 0.772. The second-order valence-electron chi connectivity index (χ2n) is 3.91. The molecule has 1 N–H and O–H groups in total. The first-order chi connectivity index (χ1) is 8.38. The molecule has 1 aromatic heterocycles. The molecule has 98 valence electrons. The minimum Gasteiger partial charge on any atom is -0.383 e. The number of nitrogens with zero attached hydrogens (tertiary/aromatic N) is 1. The first-order valence-corrected chi connectivity index (χ1v) is 7.45. The number of thioether (sulfide) groups is 1. The van der Waals surface area contributed by atoms with E-state index < -0.39 is 0 Å². The van der Waals surface area contributed by atoms with Gasteiger partial charge in [0.15, 0.2) is 0 Å². The van der Waals surface area contributed by atoms with Gasteiger partial charge in [-0.05, 0) is 30.1 Å². The summed E-state index contributed by atoms with van der Waals surface area (Å²) >= 11 is 2.01. The predicted octanol–water partition coefficient (Wildman–Crippen LogP) is 2.37. The Bertz CT molecular complexity index is 262. The largest absolute Gasteiger partial charge is 0.383 e. The van der Waals surface area contributed by atoms with Gasteiger partial charge in [-0.1, -0.05) is 6.92 Å². The van der Waals surface area contributed by atoms with Gasteiger partial charge in [0.2, 0.25) is 0 Å². The maximum Gasteiger partial charge on any atom is 0.0587 e. The van der Waals surface area contributed by atoms with Gasteiger partial charge in [-0.15, -0.1) is 0 Å². The van der Waals surface area contributed by atoms with Crippen molar-refractivity contribution in [3.05, 3.63) is 24.0 Å². The number of rotatable bonds is 10. The van der Waals surface area contributed by atoms with E-state index >= 15 is 0 Å². The molecule has 0 saturated heterocycles. The fraction of sp³-hybridized carbons (Fsp3) is 0.692. The molecular formula is C13H24N2OS. The second-order valence-corrected chi connectivity index (χ2v) is 5.31. The third-order valence-corrected chi connectivity index (χ3v) is 3.59. The third-order valence-electron chi connectivity index (χ3n) is 2.60. The van der Waals surface area contributed by atoms with Gasteiger partial charge in [-0.25, -0.2) is 0 Å². The molecule has 0 atom stereocenters. The molecule has 1 aromatic rings. The predicted molar refractivity (Wildman–Crippen MR) is 75.6 cm³/mol. The fourth-order valence-electron chi connectivity index (χ4n) is 1.70. The molecule has 4 heteroatoms. The Hall–Kier alpha value is -0.450. The maximum atomic E-state index is 5.01. The van der Waals surface area contributed by atoms with Crippen LogP contribution in [-0.4, -0.2) is 36.3 Å². The number of hydrogen-bond acceptors (Lipinski definition) is 3. The van der Waals surface area contributed by atoms with E-state index in [1.165, 1.54) is 23.6 Å². The summed E-state index contributed by atoms with van der Waals surface area (Å²) in [5.74, 6) is 2.47. The highest BCUT2D eigenvalue weighted by molar-refractivity contribution is 7.99. The van der Waals surface area contributed by atoms with E-state index in [0.29, 0.717) is 0 Å². The van der Waals surface area contributed by atoms with Gasteiger partial charge >= 0.3 is 0 Å². The number of nitrogens with one attached hydrogen (secondary N) is 1. The highest BCUT2D eigenvalue weighted by Gasteiger charge is 2.00. The van der Waals surface area contributed by atoms with Crippen LogP contribution in [0.3, 0.4) is 0 Å². The number of aryl methyl sites for hydroxylation is 1. The molecule has 0 unspecified atom stereocenters. The summed E-state index contributed by atoms with van der Waals surface area (Å²) < 4.78 is 7.35. The van der Waals surface area contributed by atoms with E-state index in [9.17, 15) is 0 Å². The van der Waals surface area contributed by atoms with Crippen LogP contribution in [0.5, 0.6) is 0 Å². The summed E-state index contributed by atoms with van der Waals surface area (Å²) in [7, 11) is 1.73. The zero-order chi connectivity index (χ0) is 12.3. The van der Waals surface area contributed by atoms with Gasteiger partial charge < -0.3 is 14.6 Å². The highest BCUT2D eigenvalue weighted by atomic mass is 32.2. The quantitative estimate of drug-likeness (QED) is 0.651. The number of aromatic nitrogens is 1. The Balaban J connectivity index is 2.22.